The Labute approximate surface area is 197 Å². The zero-order valence-electron chi connectivity index (χ0n) is 19.6. The Morgan fingerprint density at radius 1 is 0.909 bits per heavy atom. The number of hydrogen-bond acceptors (Lipinski definition) is 4. The van der Waals surface area contributed by atoms with E-state index in [4.69, 9.17) is 4.74 Å². The number of ether oxygens (including phenoxy) is 1. The number of benzene rings is 1. The minimum Gasteiger partial charge on any atom is -0.378 e. The van der Waals surface area contributed by atoms with E-state index in [1.54, 1.807) is 0 Å². The monoisotopic (exact) mass is 451 g/mol. The Morgan fingerprint density at radius 3 is 2.24 bits per heavy atom. The van der Waals surface area contributed by atoms with Crippen molar-refractivity contribution in [2.24, 2.45) is 29.6 Å². The number of nitrogens with zero attached hydrogens (tertiary/aromatic N) is 2. The van der Waals surface area contributed by atoms with Crippen LogP contribution in [0.1, 0.15) is 55.3 Å². The van der Waals surface area contributed by atoms with E-state index >= 15 is 0 Å². The molecule has 1 atom stereocenters. The molecule has 178 valence electrons. The van der Waals surface area contributed by atoms with Crippen molar-refractivity contribution in [1.82, 2.24) is 10.2 Å². The highest BCUT2D eigenvalue weighted by Crippen LogP contribution is 2.53. The summed E-state index contributed by atoms with van der Waals surface area (Å²) in [4.78, 5) is 29.9. The normalized spacial score (nSPS) is 35.2. The molecule has 4 saturated carbocycles. The van der Waals surface area contributed by atoms with Gasteiger partial charge in [-0.3, -0.25) is 9.59 Å². The quantitative estimate of drug-likeness (QED) is 0.746. The molecule has 6 heteroatoms. The Bertz CT molecular complexity index is 851. The first-order valence-electron chi connectivity index (χ1n) is 13.1. The third kappa shape index (κ3) is 4.39. The van der Waals surface area contributed by atoms with E-state index in [0.29, 0.717) is 43.4 Å². The topological polar surface area (TPSA) is 61.9 Å². The molecule has 4 bridgehead atoms. The third-order valence-corrected chi connectivity index (χ3v) is 9.13. The van der Waals surface area contributed by atoms with Crippen molar-refractivity contribution in [3.63, 3.8) is 0 Å². The minimum atomic E-state index is 0.0921. The van der Waals surface area contributed by atoms with Gasteiger partial charge in [0.05, 0.1) is 13.2 Å². The predicted molar refractivity (Wildman–Crippen MR) is 127 cm³/mol. The lowest BCUT2D eigenvalue weighted by atomic mass is 9.54. The van der Waals surface area contributed by atoms with Crippen molar-refractivity contribution < 1.29 is 14.3 Å². The minimum absolute atomic E-state index is 0.0921. The maximum atomic E-state index is 13.0. The van der Waals surface area contributed by atoms with E-state index in [1.165, 1.54) is 32.1 Å². The van der Waals surface area contributed by atoms with Gasteiger partial charge in [0.15, 0.2) is 0 Å². The molecule has 1 aromatic rings. The molecule has 0 radical (unpaired) electrons. The second-order valence-corrected chi connectivity index (χ2v) is 11.3. The number of rotatable bonds is 5. The fourth-order valence-corrected chi connectivity index (χ4v) is 7.64. The average molecular weight is 452 g/mol. The second kappa shape index (κ2) is 8.94. The van der Waals surface area contributed by atoms with Crippen molar-refractivity contribution in [3.05, 3.63) is 29.8 Å². The number of anilines is 1. The number of morpholine rings is 1. The number of carbonyl (C=O) groups excluding carboxylic acids is 2. The summed E-state index contributed by atoms with van der Waals surface area (Å²) in [5.74, 6) is 4.01. The molecule has 6 nitrogen and oxygen atoms in total. The SMILES string of the molecule is O=C(NC1C2CC3CC(C2)CC1C3)c1ccc(N2CC[C@@H](CC(=O)N3CCOCC3)C2)cc1. The molecule has 0 unspecified atom stereocenters. The van der Waals surface area contributed by atoms with Crippen LogP contribution in [0.2, 0.25) is 0 Å². The predicted octanol–water partition coefficient (Wildman–Crippen LogP) is 3.32. The summed E-state index contributed by atoms with van der Waals surface area (Å²) in [7, 11) is 0. The van der Waals surface area contributed by atoms with Crippen LogP contribution >= 0.6 is 0 Å². The molecule has 2 amide bonds. The van der Waals surface area contributed by atoms with Crippen LogP contribution in [0.15, 0.2) is 24.3 Å². The molecule has 7 rings (SSSR count). The number of hydrogen-bond donors (Lipinski definition) is 1. The molecule has 0 aromatic heterocycles. The molecule has 1 aromatic carbocycles. The van der Waals surface area contributed by atoms with Crippen LogP contribution in [-0.2, 0) is 9.53 Å². The summed E-state index contributed by atoms with van der Waals surface area (Å²) < 4.78 is 5.36. The van der Waals surface area contributed by atoms with Gasteiger partial charge in [0.1, 0.15) is 0 Å². The van der Waals surface area contributed by atoms with Crippen molar-refractivity contribution >= 4 is 17.5 Å². The Kier molecular flexibility index (Phi) is 5.81. The Hall–Kier alpha value is -2.08. The largest absolute Gasteiger partial charge is 0.378 e. The first-order chi connectivity index (χ1) is 16.1. The van der Waals surface area contributed by atoms with Crippen LogP contribution in [0.25, 0.3) is 0 Å². The van der Waals surface area contributed by atoms with E-state index in [1.807, 2.05) is 17.0 Å². The molecular formula is C27H37N3O3. The summed E-state index contributed by atoms with van der Waals surface area (Å²) in [6.45, 7) is 4.65. The van der Waals surface area contributed by atoms with Crippen molar-refractivity contribution in [2.45, 2.75) is 51.0 Å². The van der Waals surface area contributed by atoms with E-state index in [2.05, 4.69) is 22.3 Å². The van der Waals surface area contributed by atoms with Crippen LogP contribution < -0.4 is 10.2 Å². The lowest BCUT2D eigenvalue weighted by Crippen LogP contribution is -2.55. The third-order valence-electron chi connectivity index (χ3n) is 9.13. The van der Waals surface area contributed by atoms with Crippen LogP contribution in [0, 0.1) is 29.6 Å². The first-order valence-corrected chi connectivity index (χ1v) is 13.1. The molecule has 1 N–H and O–H groups in total. The summed E-state index contributed by atoms with van der Waals surface area (Å²) in [6, 6.07) is 8.50. The van der Waals surface area contributed by atoms with Gasteiger partial charge in [-0.1, -0.05) is 0 Å². The van der Waals surface area contributed by atoms with E-state index < -0.39 is 0 Å². The fraction of sp³-hybridized carbons (Fsp3) is 0.704. The maximum absolute atomic E-state index is 13.0. The zero-order chi connectivity index (χ0) is 22.4. The van der Waals surface area contributed by atoms with Gasteiger partial charge in [-0.05, 0) is 92.4 Å². The van der Waals surface area contributed by atoms with E-state index in [0.717, 1.165) is 55.7 Å². The van der Waals surface area contributed by atoms with Crippen LogP contribution in [0.4, 0.5) is 5.69 Å². The lowest BCUT2D eigenvalue weighted by molar-refractivity contribution is -0.136. The molecule has 6 fully saturated rings. The van der Waals surface area contributed by atoms with Gasteiger partial charge >= 0.3 is 0 Å². The van der Waals surface area contributed by atoms with Crippen molar-refractivity contribution in [2.75, 3.05) is 44.3 Å². The van der Waals surface area contributed by atoms with Gasteiger partial charge in [-0.15, -0.1) is 0 Å². The highest BCUT2D eigenvalue weighted by molar-refractivity contribution is 5.94. The Morgan fingerprint density at radius 2 is 1.58 bits per heavy atom. The van der Waals surface area contributed by atoms with Gasteiger partial charge in [0.2, 0.25) is 5.91 Å². The van der Waals surface area contributed by atoms with Gasteiger partial charge in [-0.25, -0.2) is 0 Å². The zero-order valence-corrected chi connectivity index (χ0v) is 19.6. The average Bonchev–Trinajstić information content (AvgIpc) is 3.30. The molecule has 2 aliphatic heterocycles. The summed E-state index contributed by atoms with van der Waals surface area (Å²) in [5.41, 5.74) is 1.92. The van der Waals surface area contributed by atoms with Gasteiger partial charge in [0.25, 0.3) is 5.91 Å². The van der Waals surface area contributed by atoms with E-state index in [9.17, 15) is 9.59 Å². The molecule has 6 aliphatic rings. The highest BCUT2D eigenvalue weighted by Gasteiger charge is 2.48. The highest BCUT2D eigenvalue weighted by atomic mass is 16.5. The summed E-state index contributed by atoms with van der Waals surface area (Å²) >= 11 is 0. The summed E-state index contributed by atoms with van der Waals surface area (Å²) in [5, 5.41) is 3.42. The molecular weight excluding hydrogens is 414 g/mol. The number of nitrogens with one attached hydrogen (secondary N) is 1. The van der Waals surface area contributed by atoms with E-state index in [-0.39, 0.29) is 11.8 Å². The van der Waals surface area contributed by atoms with Crippen molar-refractivity contribution in [1.29, 1.82) is 0 Å². The molecule has 4 aliphatic carbocycles. The van der Waals surface area contributed by atoms with Gasteiger partial charge in [0, 0.05) is 49.9 Å². The molecule has 0 spiro atoms. The number of amides is 2. The smallest absolute Gasteiger partial charge is 0.251 e. The molecule has 33 heavy (non-hydrogen) atoms. The number of carbonyl (C=O) groups is 2. The fourth-order valence-electron chi connectivity index (χ4n) is 7.64. The molecule has 2 heterocycles. The Balaban J connectivity index is 1.02. The first kappa shape index (κ1) is 21.5. The van der Waals surface area contributed by atoms with Crippen molar-refractivity contribution in [3.8, 4) is 0 Å². The van der Waals surface area contributed by atoms with Crippen LogP contribution in [0.5, 0.6) is 0 Å². The summed E-state index contributed by atoms with van der Waals surface area (Å²) in [6.07, 6.45) is 8.39. The van der Waals surface area contributed by atoms with Gasteiger partial charge < -0.3 is 19.9 Å². The molecule has 2 saturated heterocycles. The van der Waals surface area contributed by atoms with Gasteiger partial charge in [-0.2, -0.15) is 0 Å². The second-order valence-electron chi connectivity index (χ2n) is 11.3. The van der Waals surface area contributed by atoms with Crippen LogP contribution in [-0.4, -0.2) is 62.1 Å². The lowest BCUT2D eigenvalue weighted by Gasteiger charge is -2.54. The van der Waals surface area contributed by atoms with Crippen LogP contribution in [0.3, 0.4) is 0 Å². The standard InChI is InChI=1S/C27H37N3O3/c31-25(29-7-9-33-10-8-29)16-18-5-6-30(17-18)24-3-1-21(2-4-24)27(32)28-26-22-12-19-11-20(14-22)15-23(26)13-19/h1-4,18-20,22-23,26H,5-17H2,(H,28,32)/t18-,19?,20?,22?,23?,26?/m0/s1. The maximum Gasteiger partial charge on any atom is 0.251 e.